The number of phenols is 2. The van der Waals surface area contributed by atoms with Crippen LogP contribution >= 0.6 is 0 Å². The van der Waals surface area contributed by atoms with Crippen molar-refractivity contribution < 1.29 is 15.3 Å². The van der Waals surface area contributed by atoms with Gasteiger partial charge in [-0.25, -0.2) is 0 Å². The maximum atomic E-state index is 9.59. The molecule has 0 spiro atoms. The van der Waals surface area contributed by atoms with Crippen LogP contribution in [0.4, 0.5) is 0 Å². The number of rotatable bonds is 7. The Morgan fingerprint density at radius 3 is 1.84 bits per heavy atom. The van der Waals surface area contributed by atoms with Crippen LogP contribution in [0.25, 0.3) is 0 Å². The summed E-state index contributed by atoms with van der Waals surface area (Å²) in [7, 11) is 0. The molecule has 0 fully saturated rings. The quantitative estimate of drug-likeness (QED) is 0.351. The molecule has 0 amide bonds. The normalized spacial score (nSPS) is 12.0. The zero-order valence-corrected chi connectivity index (χ0v) is 14.4. The lowest BCUT2D eigenvalue weighted by Gasteiger charge is -2.22. The molecule has 0 heterocycles. The van der Waals surface area contributed by atoms with E-state index in [2.05, 4.69) is 19.6 Å². The summed E-state index contributed by atoms with van der Waals surface area (Å²) in [5.41, 5.74) is 3.29. The van der Waals surface area contributed by atoms with Crippen LogP contribution in [0.3, 0.4) is 0 Å². The predicted octanol–water partition coefficient (Wildman–Crippen LogP) is 5.58. The lowest BCUT2D eigenvalue weighted by Crippen LogP contribution is -2.05. The molecule has 3 heteroatoms. The highest BCUT2D eigenvalue weighted by atomic mass is 16.3. The van der Waals surface area contributed by atoms with Crippen molar-refractivity contribution in [1.82, 2.24) is 0 Å². The average Bonchev–Trinajstić information content (AvgIpc) is 2.58. The van der Waals surface area contributed by atoms with Crippen molar-refractivity contribution in [1.29, 1.82) is 0 Å². The van der Waals surface area contributed by atoms with Gasteiger partial charge in [0.25, 0.3) is 0 Å². The molecule has 0 saturated carbocycles. The zero-order chi connectivity index (χ0) is 18.2. The summed E-state index contributed by atoms with van der Waals surface area (Å²) in [6.45, 7) is 5.56. The Morgan fingerprint density at radius 2 is 1.44 bits per heavy atom. The standard InChI is InChI=1S/C22H24O3/c1-3-5-17(7-4-6-16(2)23)22(18-8-12-20(24)13-9-18)19-10-14-21(25)15-11-19/h4-6,8-15,22-25H,2-3,7H2,1H3/b6-4-,17-5+. The molecule has 2 rings (SSSR count). The predicted molar refractivity (Wildman–Crippen MR) is 102 cm³/mol. The third-order valence-corrected chi connectivity index (χ3v) is 3.95. The molecule has 0 aliphatic heterocycles. The third kappa shape index (κ3) is 5.28. The van der Waals surface area contributed by atoms with Crippen LogP contribution in [0.5, 0.6) is 11.5 Å². The van der Waals surface area contributed by atoms with Gasteiger partial charge < -0.3 is 15.3 Å². The van der Waals surface area contributed by atoms with Crippen molar-refractivity contribution in [3.8, 4) is 11.5 Å². The van der Waals surface area contributed by atoms with E-state index < -0.39 is 0 Å². The molecule has 2 aromatic carbocycles. The molecule has 0 atom stereocenters. The second-order valence-corrected chi connectivity index (χ2v) is 5.90. The Labute approximate surface area is 148 Å². The Balaban J connectivity index is 2.47. The van der Waals surface area contributed by atoms with Crippen LogP contribution in [0.15, 0.2) is 84.7 Å². The maximum absolute atomic E-state index is 9.59. The molecule has 0 saturated heterocycles. The minimum Gasteiger partial charge on any atom is -0.509 e. The lowest BCUT2D eigenvalue weighted by molar-refractivity contribution is 0.435. The topological polar surface area (TPSA) is 60.7 Å². The van der Waals surface area contributed by atoms with Gasteiger partial charge in [-0.3, -0.25) is 0 Å². The molecule has 25 heavy (non-hydrogen) atoms. The van der Waals surface area contributed by atoms with E-state index in [4.69, 9.17) is 0 Å². The van der Waals surface area contributed by atoms with Gasteiger partial charge >= 0.3 is 0 Å². The van der Waals surface area contributed by atoms with E-state index in [0.717, 1.165) is 17.5 Å². The maximum Gasteiger partial charge on any atom is 0.115 e. The van der Waals surface area contributed by atoms with Crippen molar-refractivity contribution in [2.45, 2.75) is 25.7 Å². The molecule has 0 aliphatic rings. The van der Waals surface area contributed by atoms with Gasteiger partial charge in [-0.2, -0.15) is 0 Å². The van der Waals surface area contributed by atoms with Gasteiger partial charge in [0.15, 0.2) is 0 Å². The van der Waals surface area contributed by atoms with Crippen LogP contribution in [0.2, 0.25) is 0 Å². The van der Waals surface area contributed by atoms with Gasteiger partial charge in [-0.15, -0.1) is 0 Å². The molecular formula is C22H24O3. The second kappa shape index (κ2) is 8.78. The first kappa shape index (κ1) is 18.4. The van der Waals surface area contributed by atoms with Crippen molar-refractivity contribution in [2.75, 3.05) is 0 Å². The van der Waals surface area contributed by atoms with Gasteiger partial charge in [0.05, 0.1) is 0 Å². The molecule has 0 bridgehead atoms. The van der Waals surface area contributed by atoms with E-state index in [-0.39, 0.29) is 23.2 Å². The Kier molecular flexibility index (Phi) is 6.47. The number of allylic oxidation sites excluding steroid dienone is 4. The largest absolute Gasteiger partial charge is 0.509 e. The van der Waals surface area contributed by atoms with E-state index in [1.54, 1.807) is 30.3 Å². The lowest BCUT2D eigenvalue weighted by atomic mass is 9.82. The third-order valence-electron chi connectivity index (χ3n) is 3.95. The summed E-state index contributed by atoms with van der Waals surface area (Å²) in [6.07, 6.45) is 7.20. The van der Waals surface area contributed by atoms with E-state index in [1.807, 2.05) is 30.3 Å². The summed E-state index contributed by atoms with van der Waals surface area (Å²) in [4.78, 5) is 0. The number of aliphatic hydroxyl groups is 1. The molecule has 0 radical (unpaired) electrons. The first-order chi connectivity index (χ1) is 12.0. The fourth-order valence-corrected chi connectivity index (χ4v) is 2.87. The van der Waals surface area contributed by atoms with E-state index in [1.165, 1.54) is 5.57 Å². The first-order valence-corrected chi connectivity index (χ1v) is 8.32. The average molecular weight is 336 g/mol. The van der Waals surface area contributed by atoms with Crippen molar-refractivity contribution in [3.63, 3.8) is 0 Å². The SMILES string of the molecule is C=C(O)/C=C\C/C(=C\CC)C(c1ccc(O)cc1)c1ccc(O)cc1. The molecule has 3 N–H and O–H groups in total. The summed E-state index contributed by atoms with van der Waals surface area (Å²) < 4.78 is 0. The molecule has 0 unspecified atom stereocenters. The van der Waals surface area contributed by atoms with Gasteiger partial charge in [0.1, 0.15) is 17.3 Å². The zero-order valence-electron chi connectivity index (χ0n) is 14.4. The van der Waals surface area contributed by atoms with Crippen LogP contribution in [0, 0.1) is 0 Å². The Morgan fingerprint density at radius 1 is 0.960 bits per heavy atom. The van der Waals surface area contributed by atoms with Crippen LogP contribution in [0.1, 0.15) is 36.8 Å². The number of aliphatic hydroxyl groups excluding tert-OH is 1. The number of benzene rings is 2. The van der Waals surface area contributed by atoms with E-state index >= 15 is 0 Å². The highest BCUT2D eigenvalue weighted by molar-refractivity contribution is 5.44. The smallest absolute Gasteiger partial charge is 0.115 e. The molecule has 3 nitrogen and oxygen atoms in total. The Hall–Kier alpha value is -2.94. The van der Waals surface area contributed by atoms with Crippen molar-refractivity contribution in [3.05, 3.63) is 95.8 Å². The van der Waals surface area contributed by atoms with Gasteiger partial charge in [0, 0.05) is 5.92 Å². The minimum absolute atomic E-state index is 0.00208. The van der Waals surface area contributed by atoms with Gasteiger partial charge in [-0.1, -0.05) is 55.5 Å². The summed E-state index contributed by atoms with van der Waals surface area (Å²) >= 11 is 0. The summed E-state index contributed by atoms with van der Waals surface area (Å²) in [5, 5.41) is 28.5. The monoisotopic (exact) mass is 336 g/mol. The van der Waals surface area contributed by atoms with E-state index in [0.29, 0.717) is 6.42 Å². The summed E-state index contributed by atoms with van der Waals surface area (Å²) in [5.74, 6) is 0.482. The highest BCUT2D eigenvalue weighted by Crippen LogP contribution is 2.35. The number of aromatic hydroxyl groups is 2. The molecule has 0 aromatic heterocycles. The van der Waals surface area contributed by atoms with Crippen molar-refractivity contribution in [2.24, 2.45) is 0 Å². The number of hydrogen-bond acceptors (Lipinski definition) is 3. The molecule has 130 valence electrons. The van der Waals surface area contributed by atoms with Crippen LogP contribution in [-0.4, -0.2) is 15.3 Å². The second-order valence-electron chi connectivity index (χ2n) is 5.90. The van der Waals surface area contributed by atoms with Crippen LogP contribution in [-0.2, 0) is 0 Å². The van der Waals surface area contributed by atoms with Gasteiger partial charge in [0.2, 0.25) is 0 Å². The van der Waals surface area contributed by atoms with Gasteiger partial charge in [-0.05, 0) is 54.3 Å². The number of phenolic OH excluding ortho intramolecular Hbond substituents is 2. The fourth-order valence-electron chi connectivity index (χ4n) is 2.87. The minimum atomic E-state index is -0.00208. The molecule has 2 aromatic rings. The highest BCUT2D eigenvalue weighted by Gasteiger charge is 2.18. The first-order valence-electron chi connectivity index (χ1n) is 8.32. The van der Waals surface area contributed by atoms with Crippen molar-refractivity contribution >= 4 is 0 Å². The summed E-state index contributed by atoms with van der Waals surface area (Å²) in [6, 6.07) is 14.3. The van der Waals surface area contributed by atoms with Crippen LogP contribution < -0.4 is 0 Å². The molecular weight excluding hydrogens is 312 g/mol. The fraction of sp³-hybridized carbons (Fsp3) is 0.182. The number of hydrogen-bond donors (Lipinski definition) is 3. The Bertz CT molecular complexity index is 707. The molecule has 0 aliphatic carbocycles. The van der Waals surface area contributed by atoms with E-state index in [9.17, 15) is 15.3 Å².